The third-order valence-electron chi connectivity index (χ3n) is 4.44. The van der Waals surface area contributed by atoms with Gasteiger partial charge in [-0.3, -0.25) is 9.89 Å². The molecule has 0 aliphatic carbocycles. The van der Waals surface area contributed by atoms with Crippen LogP contribution in [-0.4, -0.2) is 42.5 Å². The summed E-state index contributed by atoms with van der Waals surface area (Å²) >= 11 is 3.45. The van der Waals surface area contributed by atoms with Crippen LogP contribution >= 0.6 is 22.7 Å². The fourth-order valence-corrected chi connectivity index (χ4v) is 4.43. The Labute approximate surface area is 165 Å². The van der Waals surface area contributed by atoms with E-state index in [4.69, 9.17) is 0 Å². The highest BCUT2D eigenvalue weighted by molar-refractivity contribution is 7.09. The number of thiophene rings is 1. The molecule has 0 radical (unpaired) electrons. The Morgan fingerprint density at radius 3 is 2.54 bits per heavy atom. The zero-order valence-electron chi connectivity index (χ0n) is 16.5. The third kappa shape index (κ3) is 5.79. The van der Waals surface area contributed by atoms with Crippen molar-refractivity contribution < 1.29 is 0 Å². The van der Waals surface area contributed by atoms with Gasteiger partial charge in [0, 0.05) is 19.0 Å². The van der Waals surface area contributed by atoms with Gasteiger partial charge in [0.05, 0.1) is 18.3 Å². The average Bonchev–Trinajstić information content (AvgIpc) is 3.32. The second-order valence-electron chi connectivity index (χ2n) is 6.42. The molecule has 0 aliphatic heterocycles. The van der Waals surface area contributed by atoms with Gasteiger partial charge in [0.25, 0.3) is 0 Å². The van der Waals surface area contributed by atoms with Crippen molar-refractivity contribution in [3.63, 3.8) is 0 Å². The van der Waals surface area contributed by atoms with Gasteiger partial charge in [-0.25, -0.2) is 4.98 Å². The number of nitrogens with one attached hydrogen (secondary N) is 2. The Kier molecular flexibility index (Phi) is 8.54. The minimum Gasteiger partial charge on any atom is -0.354 e. The first kappa shape index (κ1) is 20.9. The highest BCUT2D eigenvalue weighted by atomic mass is 32.1. The maximum Gasteiger partial charge on any atom is 0.191 e. The van der Waals surface area contributed by atoms with Crippen LogP contribution in [-0.2, 0) is 6.54 Å². The Morgan fingerprint density at radius 1 is 1.23 bits per heavy atom. The molecule has 0 amide bonds. The van der Waals surface area contributed by atoms with E-state index in [0.29, 0.717) is 18.5 Å². The number of thiazole rings is 1. The lowest BCUT2D eigenvalue weighted by molar-refractivity contribution is 0.219. The van der Waals surface area contributed by atoms with Gasteiger partial charge in [-0.2, -0.15) is 11.3 Å². The number of likely N-dealkylation sites (N-methyl/N-ethyl adjacent to an activating group) is 1. The number of guanidine groups is 1. The van der Waals surface area contributed by atoms with E-state index < -0.39 is 0 Å². The van der Waals surface area contributed by atoms with E-state index >= 15 is 0 Å². The molecule has 2 N–H and O–H groups in total. The summed E-state index contributed by atoms with van der Waals surface area (Å²) in [6, 6.07) is 2.57. The van der Waals surface area contributed by atoms with Crippen LogP contribution in [0.15, 0.2) is 27.2 Å². The summed E-state index contributed by atoms with van der Waals surface area (Å²) in [6.45, 7) is 12.4. The van der Waals surface area contributed by atoms with Crippen molar-refractivity contribution in [2.75, 3.05) is 26.7 Å². The molecule has 0 aliphatic rings. The molecule has 2 heterocycles. The molecule has 2 aromatic heterocycles. The molecule has 0 aromatic carbocycles. The summed E-state index contributed by atoms with van der Waals surface area (Å²) in [5, 5.41) is 14.5. The third-order valence-corrected chi connectivity index (χ3v) is 6.00. The number of hydrogen-bond donors (Lipinski definition) is 2. The predicted molar refractivity (Wildman–Crippen MR) is 114 cm³/mol. The van der Waals surface area contributed by atoms with Crippen LogP contribution in [0.4, 0.5) is 0 Å². The van der Waals surface area contributed by atoms with Gasteiger partial charge in [-0.15, -0.1) is 11.3 Å². The number of aromatic nitrogens is 1. The summed E-state index contributed by atoms with van der Waals surface area (Å²) in [5.41, 5.74) is 2.52. The first-order valence-corrected chi connectivity index (χ1v) is 11.1. The minimum atomic E-state index is 0.349. The minimum absolute atomic E-state index is 0.349. The number of nitrogens with zero attached hydrogens (tertiary/aromatic N) is 3. The van der Waals surface area contributed by atoms with Gasteiger partial charge in [0.1, 0.15) is 5.01 Å². The van der Waals surface area contributed by atoms with Crippen LogP contribution < -0.4 is 10.6 Å². The molecule has 2 rings (SSSR count). The molecule has 0 fully saturated rings. The van der Waals surface area contributed by atoms with E-state index in [1.807, 2.05) is 7.05 Å². The maximum atomic E-state index is 4.67. The Hall–Kier alpha value is -1.44. The lowest BCUT2D eigenvalue weighted by atomic mass is 10.1. The number of hydrogen-bond acceptors (Lipinski definition) is 5. The number of rotatable bonds is 9. The summed E-state index contributed by atoms with van der Waals surface area (Å²) in [7, 11) is 1.81. The Bertz CT molecular complexity index is 659. The van der Waals surface area contributed by atoms with E-state index in [1.54, 1.807) is 22.7 Å². The summed E-state index contributed by atoms with van der Waals surface area (Å²) in [5.74, 6) is 1.29. The van der Waals surface area contributed by atoms with Crippen molar-refractivity contribution in [1.82, 2.24) is 20.5 Å². The highest BCUT2D eigenvalue weighted by Crippen LogP contribution is 2.22. The monoisotopic (exact) mass is 393 g/mol. The Morgan fingerprint density at radius 2 is 2.00 bits per heavy atom. The Balaban J connectivity index is 1.93. The number of aliphatic imine (C=N–C) groups is 1. The fourth-order valence-electron chi connectivity index (χ4n) is 2.83. The first-order valence-electron chi connectivity index (χ1n) is 9.23. The fraction of sp³-hybridized carbons (Fsp3) is 0.579. The van der Waals surface area contributed by atoms with Gasteiger partial charge in [0.15, 0.2) is 5.96 Å². The van der Waals surface area contributed by atoms with Crippen LogP contribution in [0.2, 0.25) is 0 Å². The highest BCUT2D eigenvalue weighted by Gasteiger charge is 2.18. The van der Waals surface area contributed by atoms with Crippen LogP contribution in [0.3, 0.4) is 0 Å². The summed E-state index contributed by atoms with van der Waals surface area (Å²) < 4.78 is 0. The molecule has 0 saturated carbocycles. The lowest BCUT2D eigenvalue weighted by Crippen LogP contribution is -2.42. The van der Waals surface area contributed by atoms with E-state index in [-0.39, 0.29) is 0 Å². The van der Waals surface area contributed by atoms with Gasteiger partial charge in [-0.05, 0) is 41.4 Å². The molecular weight excluding hydrogens is 362 g/mol. The van der Waals surface area contributed by atoms with Crippen LogP contribution in [0, 0.1) is 0 Å². The van der Waals surface area contributed by atoms with E-state index in [9.17, 15) is 0 Å². The van der Waals surface area contributed by atoms with Crippen LogP contribution in [0.25, 0.3) is 0 Å². The standard InChI is InChI=1S/C19H31N5S2/c1-6-24(7-2)17(15-8-9-25-12-15)10-21-19(20-5)22-11-18-23-16(13-26-18)14(3)4/h8-9,12-14,17H,6-7,10-11H2,1-5H3,(H2,20,21,22). The lowest BCUT2D eigenvalue weighted by Gasteiger charge is -2.30. The molecule has 5 nitrogen and oxygen atoms in total. The normalized spacial score (nSPS) is 13.4. The second-order valence-corrected chi connectivity index (χ2v) is 8.14. The van der Waals surface area contributed by atoms with Crippen molar-refractivity contribution in [3.8, 4) is 0 Å². The topological polar surface area (TPSA) is 52.5 Å². The zero-order chi connectivity index (χ0) is 18.9. The molecule has 26 heavy (non-hydrogen) atoms. The van der Waals surface area contributed by atoms with Gasteiger partial charge >= 0.3 is 0 Å². The van der Waals surface area contributed by atoms with Crippen molar-refractivity contribution in [2.24, 2.45) is 4.99 Å². The maximum absolute atomic E-state index is 4.67. The smallest absolute Gasteiger partial charge is 0.191 e. The predicted octanol–water partition coefficient (Wildman–Crippen LogP) is 4.08. The average molecular weight is 394 g/mol. The quantitative estimate of drug-likeness (QED) is 0.498. The van der Waals surface area contributed by atoms with E-state index in [0.717, 1.165) is 36.3 Å². The molecule has 144 valence electrons. The molecule has 1 unspecified atom stereocenters. The second kappa shape index (κ2) is 10.6. The van der Waals surface area contributed by atoms with Crippen molar-refractivity contribution >= 4 is 28.6 Å². The van der Waals surface area contributed by atoms with Crippen molar-refractivity contribution in [1.29, 1.82) is 0 Å². The largest absolute Gasteiger partial charge is 0.354 e. The van der Waals surface area contributed by atoms with Crippen molar-refractivity contribution in [2.45, 2.75) is 46.2 Å². The molecule has 1 atom stereocenters. The van der Waals surface area contributed by atoms with E-state index in [1.165, 1.54) is 5.56 Å². The SMILES string of the molecule is CCN(CC)C(CNC(=NC)NCc1nc(C(C)C)cs1)c1ccsc1. The molecule has 0 saturated heterocycles. The van der Waals surface area contributed by atoms with Crippen molar-refractivity contribution in [3.05, 3.63) is 38.5 Å². The van der Waals surface area contributed by atoms with Gasteiger partial charge in [0.2, 0.25) is 0 Å². The zero-order valence-corrected chi connectivity index (χ0v) is 18.1. The molecule has 0 spiro atoms. The first-order chi connectivity index (χ1) is 12.6. The summed E-state index contributed by atoms with van der Waals surface area (Å²) in [6.07, 6.45) is 0. The molecule has 0 bridgehead atoms. The van der Waals surface area contributed by atoms with Gasteiger partial charge < -0.3 is 10.6 Å². The molecule has 2 aromatic rings. The van der Waals surface area contributed by atoms with Crippen LogP contribution in [0.1, 0.15) is 55.9 Å². The molecule has 7 heteroatoms. The molecular formula is C19H31N5S2. The van der Waals surface area contributed by atoms with Crippen LogP contribution in [0.5, 0.6) is 0 Å². The van der Waals surface area contributed by atoms with E-state index in [2.05, 4.69) is 75.4 Å². The summed E-state index contributed by atoms with van der Waals surface area (Å²) in [4.78, 5) is 11.5. The van der Waals surface area contributed by atoms with Gasteiger partial charge in [-0.1, -0.05) is 27.7 Å².